The van der Waals surface area contributed by atoms with Crippen LogP contribution < -0.4 is 5.73 Å². The molecule has 0 saturated heterocycles. The zero-order valence-electron chi connectivity index (χ0n) is 39.9. The van der Waals surface area contributed by atoms with E-state index >= 15 is 0 Å². The minimum absolute atomic E-state index is 0.00543. The van der Waals surface area contributed by atoms with Crippen molar-refractivity contribution in [1.29, 1.82) is 0 Å². The molecule has 0 aliphatic carbocycles. The molecule has 0 amide bonds. The number of rotatable bonds is 47. The number of hydrogen-bond acceptors (Lipinski definition) is 8. The molecule has 0 aromatic heterocycles. The predicted octanol–water partition coefficient (Wildman–Crippen LogP) is 14.5. The second-order valence-electron chi connectivity index (χ2n) is 16.6. The van der Waals surface area contributed by atoms with Crippen molar-refractivity contribution in [3.63, 3.8) is 0 Å². The first-order valence-corrected chi connectivity index (χ1v) is 26.5. The molecule has 3 atom stereocenters. The van der Waals surface area contributed by atoms with Crippen molar-refractivity contribution < 1.29 is 42.7 Å². The van der Waals surface area contributed by atoms with Crippen molar-refractivity contribution >= 4 is 19.8 Å². The molecule has 11 heteroatoms. The molecule has 0 fully saturated rings. The fraction of sp³-hybridized carbons (Fsp3) is 0.731. The van der Waals surface area contributed by atoms with Crippen molar-refractivity contribution in [2.24, 2.45) is 5.73 Å². The number of carbonyl (C=O) groups excluding carboxylic acids is 1. The lowest BCUT2D eigenvalue weighted by Gasteiger charge is -2.20. The van der Waals surface area contributed by atoms with Crippen LogP contribution in [-0.4, -0.2) is 60.5 Å². The average Bonchev–Trinajstić information content (AvgIpc) is 3.26. The second kappa shape index (κ2) is 47.4. The Hall–Kier alpha value is -2.59. The van der Waals surface area contributed by atoms with Gasteiger partial charge < -0.3 is 25.2 Å². The molecular weight excluding hydrogens is 814 g/mol. The van der Waals surface area contributed by atoms with Crippen LogP contribution in [0.4, 0.5) is 0 Å². The number of carboxylic acid groups (broad SMARTS) is 1. The van der Waals surface area contributed by atoms with Gasteiger partial charge in [-0.3, -0.25) is 18.6 Å². The molecule has 0 radical (unpaired) electrons. The lowest BCUT2D eigenvalue weighted by molar-refractivity contribution is -0.154. The summed E-state index contributed by atoms with van der Waals surface area (Å²) in [5, 5.41) is 8.92. The van der Waals surface area contributed by atoms with Gasteiger partial charge in [0.25, 0.3) is 0 Å². The Kier molecular flexibility index (Phi) is 45.4. The van der Waals surface area contributed by atoms with E-state index in [4.69, 9.17) is 29.4 Å². The maximum absolute atomic E-state index is 12.7. The van der Waals surface area contributed by atoms with Crippen LogP contribution in [0.25, 0.3) is 0 Å². The summed E-state index contributed by atoms with van der Waals surface area (Å²) < 4.78 is 33.5. The number of nitrogens with two attached hydrogens (primary N) is 1. The number of ether oxygens (including phenoxy) is 2. The lowest BCUT2D eigenvalue weighted by Crippen LogP contribution is -2.34. The molecule has 0 aliphatic heterocycles. The van der Waals surface area contributed by atoms with Gasteiger partial charge in [0, 0.05) is 13.0 Å². The molecule has 0 rings (SSSR count). The van der Waals surface area contributed by atoms with E-state index < -0.39 is 45.1 Å². The van der Waals surface area contributed by atoms with Gasteiger partial charge in [-0.25, -0.2) is 4.57 Å². The normalized spacial score (nSPS) is 14.3. The van der Waals surface area contributed by atoms with Gasteiger partial charge >= 0.3 is 19.8 Å². The molecular formula is C52H92NO9P. The Bertz CT molecular complexity index is 1280. The summed E-state index contributed by atoms with van der Waals surface area (Å²) in [6.07, 6.45) is 59.5. The van der Waals surface area contributed by atoms with Crippen LogP contribution in [0.5, 0.6) is 0 Å². The minimum Gasteiger partial charge on any atom is -0.480 e. The standard InChI is InChI=1S/C52H92NO9P/c1-3-5-7-9-11-13-15-17-19-21-23-24-25-26-27-28-30-32-34-36-38-40-42-44-51(54)62-49(47-60-63(57,58)61-48-50(53)52(55)56)46-59-45-43-41-39-37-35-33-31-29-22-20-18-16-14-12-10-8-6-4-2/h6,8,12,14-15,17-18,20-21,23,25-26,49-50H,3-5,7,9-11,13,16,19,22,24,27-48,53H2,1-2H3,(H,55,56)(H,57,58)/b8-6-,14-12-,17-15-,20-18-,23-21-,26-25-. The lowest BCUT2D eigenvalue weighted by atomic mass is 10.1. The number of carboxylic acids is 1. The third-order valence-electron chi connectivity index (χ3n) is 10.5. The smallest absolute Gasteiger partial charge is 0.472 e. The highest BCUT2D eigenvalue weighted by Gasteiger charge is 2.27. The predicted molar refractivity (Wildman–Crippen MR) is 263 cm³/mol. The van der Waals surface area contributed by atoms with Crippen LogP contribution in [0.1, 0.15) is 206 Å². The van der Waals surface area contributed by atoms with Gasteiger partial charge in [0.1, 0.15) is 12.1 Å². The third kappa shape index (κ3) is 47.2. The molecule has 0 saturated carbocycles. The highest BCUT2D eigenvalue weighted by Crippen LogP contribution is 2.43. The summed E-state index contributed by atoms with van der Waals surface area (Å²) in [7, 11) is -4.63. The molecule has 3 unspecified atom stereocenters. The van der Waals surface area contributed by atoms with E-state index in [-0.39, 0.29) is 13.0 Å². The van der Waals surface area contributed by atoms with Gasteiger partial charge in [0.2, 0.25) is 0 Å². The van der Waals surface area contributed by atoms with E-state index in [2.05, 4.69) is 86.8 Å². The highest BCUT2D eigenvalue weighted by molar-refractivity contribution is 7.47. The van der Waals surface area contributed by atoms with Crippen LogP contribution in [0.2, 0.25) is 0 Å². The Morgan fingerprint density at radius 1 is 0.524 bits per heavy atom. The van der Waals surface area contributed by atoms with Crippen molar-refractivity contribution in [3.05, 3.63) is 72.9 Å². The zero-order chi connectivity index (χ0) is 46.2. The first-order chi connectivity index (χ1) is 30.7. The van der Waals surface area contributed by atoms with E-state index in [1.165, 1.54) is 96.3 Å². The summed E-state index contributed by atoms with van der Waals surface area (Å²) in [5.74, 6) is -1.79. The molecule has 0 aromatic rings. The van der Waals surface area contributed by atoms with E-state index in [0.717, 1.165) is 83.5 Å². The van der Waals surface area contributed by atoms with Gasteiger partial charge in [-0.2, -0.15) is 0 Å². The van der Waals surface area contributed by atoms with Gasteiger partial charge in [0.05, 0.1) is 19.8 Å². The molecule has 4 N–H and O–H groups in total. The number of hydrogen-bond donors (Lipinski definition) is 3. The molecule has 0 bridgehead atoms. The highest BCUT2D eigenvalue weighted by atomic mass is 31.2. The summed E-state index contributed by atoms with van der Waals surface area (Å²) >= 11 is 0. The maximum atomic E-state index is 12.7. The number of allylic oxidation sites excluding steroid dienone is 12. The summed E-state index contributed by atoms with van der Waals surface area (Å²) in [6.45, 7) is 3.74. The SMILES string of the molecule is CC/C=C\C/C=C\C/C=C\CCCCCCCCCCOCC(COP(=O)(O)OCC(N)C(=O)O)OC(=O)CCCCCCCCCC/C=C\C/C=C\C/C=C\CCCCCCC. The molecule has 0 spiro atoms. The van der Waals surface area contributed by atoms with Crippen molar-refractivity contribution in [2.75, 3.05) is 26.4 Å². The average molecular weight is 906 g/mol. The molecule has 0 aliphatic rings. The van der Waals surface area contributed by atoms with E-state index in [0.29, 0.717) is 13.0 Å². The third-order valence-corrected chi connectivity index (χ3v) is 11.4. The Morgan fingerprint density at radius 3 is 1.38 bits per heavy atom. The fourth-order valence-electron chi connectivity index (χ4n) is 6.63. The van der Waals surface area contributed by atoms with Crippen molar-refractivity contribution in [3.8, 4) is 0 Å². The van der Waals surface area contributed by atoms with Gasteiger partial charge in [-0.15, -0.1) is 0 Å². The second-order valence-corrected chi connectivity index (χ2v) is 18.0. The number of esters is 1. The van der Waals surface area contributed by atoms with E-state index in [1.54, 1.807) is 0 Å². The monoisotopic (exact) mass is 906 g/mol. The maximum Gasteiger partial charge on any atom is 0.472 e. The Morgan fingerprint density at radius 2 is 0.921 bits per heavy atom. The molecule has 63 heavy (non-hydrogen) atoms. The quantitative estimate of drug-likeness (QED) is 0.0233. The largest absolute Gasteiger partial charge is 0.480 e. The van der Waals surface area contributed by atoms with Gasteiger partial charge in [-0.05, 0) is 83.5 Å². The topological polar surface area (TPSA) is 155 Å². The Labute approximate surface area is 384 Å². The van der Waals surface area contributed by atoms with Crippen LogP contribution in [-0.2, 0) is 32.7 Å². The number of phosphoric acid groups is 1. The summed E-state index contributed by atoms with van der Waals surface area (Å²) in [5.41, 5.74) is 5.37. The number of phosphoric ester groups is 1. The first kappa shape index (κ1) is 60.4. The van der Waals surface area contributed by atoms with Gasteiger partial charge in [-0.1, -0.05) is 189 Å². The van der Waals surface area contributed by atoms with Crippen LogP contribution in [0.15, 0.2) is 72.9 Å². The van der Waals surface area contributed by atoms with Crippen LogP contribution in [0, 0.1) is 0 Å². The van der Waals surface area contributed by atoms with Gasteiger partial charge in [0.15, 0.2) is 0 Å². The fourth-order valence-corrected chi connectivity index (χ4v) is 7.40. The van der Waals surface area contributed by atoms with E-state index in [1.807, 2.05) is 0 Å². The molecule has 364 valence electrons. The minimum atomic E-state index is -4.63. The first-order valence-electron chi connectivity index (χ1n) is 25.0. The number of unbranched alkanes of at least 4 members (excludes halogenated alkanes) is 21. The van der Waals surface area contributed by atoms with Crippen molar-refractivity contribution in [2.45, 2.75) is 219 Å². The van der Waals surface area contributed by atoms with Crippen LogP contribution >= 0.6 is 7.82 Å². The molecule has 10 nitrogen and oxygen atoms in total. The zero-order valence-corrected chi connectivity index (χ0v) is 40.8. The molecule has 0 heterocycles. The Balaban J connectivity index is 4.19. The number of aliphatic carboxylic acids is 1. The van der Waals surface area contributed by atoms with E-state index in [9.17, 15) is 19.0 Å². The summed E-state index contributed by atoms with van der Waals surface area (Å²) in [6, 6.07) is -1.48. The summed E-state index contributed by atoms with van der Waals surface area (Å²) in [4.78, 5) is 33.7. The number of carbonyl (C=O) groups is 2. The van der Waals surface area contributed by atoms with Crippen LogP contribution in [0.3, 0.4) is 0 Å². The molecule has 0 aromatic carbocycles. The van der Waals surface area contributed by atoms with Crippen molar-refractivity contribution in [1.82, 2.24) is 0 Å².